The van der Waals surface area contributed by atoms with Crippen LogP contribution in [-0.4, -0.2) is 10.2 Å². The lowest BCUT2D eigenvalue weighted by Gasteiger charge is -2.14. The van der Waals surface area contributed by atoms with Crippen LogP contribution in [0.4, 0.5) is 0 Å². The van der Waals surface area contributed by atoms with Crippen LogP contribution in [0.15, 0.2) is 28.9 Å². The summed E-state index contributed by atoms with van der Waals surface area (Å²) in [5.41, 5.74) is 9.13. The minimum atomic E-state index is -0.0923. The van der Waals surface area contributed by atoms with E-state index in [9.17, 15) is 0 Å². The fourth-order valence-corrected chi connectivity index (χ4v) is 1.89. The molecule has 0 radical (unpaired) electrons. The average Bonchev–Trinajstić information content (AvgIpc) is 2.81. The minimum Gasteiger partial charge on any atom is -0.469 e. The minimum absolute atomic E-state index is 0.0923. The van der Waals surface area contributed by atoms with Gasteiger partial charge in [0.2, 0.25) is 0 Å². The van der Waals surface area contributed by atoms with Crippen LogP contribution in [0.25, 0.3) is 0 Å². The zero-order valence-corrected chi connectivity index (χ0v) is 10.2. The second-order valence-electron chi connectivity index (χ2n) is 4.13. The van der Waals surface area contributed by atoms with Crippen molar-refractivity contribution in [2.45, 2.75) is 32.7 Å². The van der Waals surface area contributed by atoms with Gasteiger partial charge in [0.15, 0.2) is 0 Å². The summed E-state index contributed by atoms with van der Waals surface area (Å²) in [7, 11) is 0. The van der Waals surface area contributed by atoms with Crippen LogP contribution in [0.1, 0.15) is 35.7 Å². The van der Waals surface area contributed by atoms with Crippen molar-refractivity contribution < 1.29 is 4.42 Å². The van der Waals surface area contributed by atoms with Gasteiger partial charge >= 0.3 is 0 Å². The van der Waals surface area contributed by atoms with E-state index in [0.717, 1.165) is 29.1 Å². The smallest absolute Gasteiger partial charge is 0.105 e. The van der Waals surface area contributed by atoms with Crippen LogP contribution in [0.3, 0.4) is 0 Å². The number of hydrogen-bond donors (Lipinski definition) is 1. The summed E-state index contributed by atoms with van der Waals surface area (Å²) < 4.78 is 5.31. The number of nitrogens with two attached hydrogens (primary N) is 1. The van der Waals surface area contributed by atoms with E-state index in [2.05, 4.69) is 17.1 Å². The van der Waals surface area contributed by atoms with Crippen LogP contribution in [0, 0.1) is 6.92 Å². The van der Waals surface area contributed by atoms with Crippen LogP contribution >= 0.6 is 0 Å². The lowest BCUT2D eigenvalue weighted by molar-refractivity contribution is 0.487. The van der Waals surface area contributed by atoms with E-state index in [1.54, 1.807) is 6.26 Å². The molecule has 2 rings (SSSR count). The van der Waals surface area contributed by atoms with E-state index in [0.29, 0.717) is 6.42 Å². The molecule has 1 atom stereocenters. The van der Waals surface area contributed by atoms with Crippen LogP contribution in [0.5, 0.6) is 0 Å². The number of aromatic nitrogens is 2. The van der Waals surface area contributed by atoms with Crippen molar-refractivity contribution >= 4 is 0 Å². The standard InChI is InChI=1S/C13H17N3O/c1-3-13-11(7-9(2)15-16-13)12(14)8-10-5-4-6-17-10/h4-7,12H,3,8,14H2,1-2H3. The zero-order valence-electron chi connectivity index (χ0n) is 10.2. The Labute approximate surface area is 101 Å². The third-order valence-electron chi connectivity index (χ3n) is 2.76. The maximum atomic E-state index is 6.20. The van der Waals surface area contributed by atoms with E-state index < -0.39 is 0 Å². The summed E-state index contributed by atoms with van der Waals surface area (Å²) in [6.45, 7) is 3.98. The molecule has 0 saturated carbocycles. The van der Waals surface area contributed by atoms with Crippen LogP contribution in [-0.2, 0) is 12.8 Å². The molecule has 0 aromatic carbocycles. The molecule has 4 nitrogen and oxygen atoms in total. The summed E-state index contributed by atoms with van der Waals surface area (Å²) >= 11 is 0. The first-order valence-corrected chi connectivity index (χ1v) is 5.81. The van der Waals surface area contributed by atoms with Crippen molar-refractivity contribution in [1.82, 2.24) is 10.2 Å². The first-order chi connectivity index (χ1) is 8.20. The van der Waals surface area contributed by atoms with Crippen molar-refractivity contribution in [3.05, 3.63) is 47.2 Å². The predicted molar refractivity (Wildman–Crippen MR) is 65.5 cm³/mol. The molecule has 1 unspecified atom stereocenters. The van der Waals surface area contributed by atoms with E-state index in [1.165, 1.54) is 0 Å². The number of nitrogens with zero attached hydrogens (tertiary/aromatic N) is 2. The summed E-state index contributed by atoms with van der Waals surface area (Å²) in [5, 5.41) is 8.25. The molecule has 0 aliphatic heterocycles. The first-order valence-electron chi connectivity index (χ1n) is 5.81. The Balaban J connectivity index is 2.23. The van der Waals surface area contributed by atoms with Crippen LogP contribution in [0.2, 0.25) is 0 Å². The molecule has 0 aliphatic carbocycles. The maximum Gasteiger partial charge on any atom is 0.105 e. The van der Waals surface area contributed by atoms with Gasteiger partial charge in [0, 0.05) is 12.5 Å². The Kier molecular flexibility index (Phi) is 3.54. The molecule has 0 spiro atoms. The van der Waals surface area contributed by atoms with Gasteiger partial charge in [0.05, 0.1) is 17.7 Å². The quantitative estimate of drug-likeness (QED) is 0.876. The molecular formula is C13H17N3O. The molecule has 2 aromatic rings. The fraction of sp³-hybridized carbons (Fsp3) is 0.385. The molecule has 2 heterocycles. The van der Waals surface area contributed by atoms with Crippen molar-refractivity contribution in [3.63, 3.8) is 0 Å². The second kappa shape index (κ2) is 5.10. The third-order valence-corrected chi connectivity index (χ3v) is 2.76. The van der Waals surface area contributed by atoms with Crippen molar-refractivity contribution in [2.75, 3.05) is 0 Å². The van der Waals surface area contributed by atoms with Gasteiger partial charge in [-0.1, -0.05) is 6.92 Å². The lowest BCUT2D eigenvalue weighted by Crippen LogP contribution is -2.16. The number of furan rings is 1. The number of aryl methyl sites for hydroxylation is 2. The highest BCUT2D eigenvalue weighted by Crippen LogP contribution is 2.19. The average molecular weight is 231 g/mol. The van der Waals surface area contributed by atoms with Gasteiger partial charge in [0.1, 0.15) is 5.76 Å². The molecule has 17 heavy (non-hydrogen) atoms. The van der Waals surface area contributed by atoms with Gasteiger partial charge < -0.3 is 10.2 Å². The molecule has 0 saturated heterocycles. The van der Waals surface area contributed by atoms with Gasteiger partial charge in [-0.25, -0.2) is 0 Å². The Morgan fingerprint density at radius 3 is 2.88 bits per heavy atom. The molecule has 4 heteroatoms. The zero-order chi connectivity index (χ0) is 12.3. The topological polar surface area (TPSA) is 64.9 Å². The third kappa shape index (κ3) is 2.71. The molecule has 0 aliphatic rings. The van der Waals surface area contributed by atoms with E-state index in [1.807, 2.05) is 25.1 Å². The lowest BCUT2D eigenvalue weighted by atomic mass is 10.0. The highest BCUT2D eigenvalue weighted by molar-refractivity contribution is 5.25. The van der Waals surface area contributed by atoms with Gasteiger partial charge in [-0.15, -0.1) is 0 Å². The summed E-state index contributed by atoms with van der Waals surface area (Å²) in [5.74, 6) is 0.897. The van der Waals surface area contributed by atoms with Crippen molar-refractivity contribution in [3.8, 4) is 0 Å². The molecule has 2 aromatic heterocycles. The Morgan fingerprint density at radius 1 is 1.41 bits per heavy atom. The maximum absolute atomic E-state index is 6.20. The van der Waals surface area contributed by atoms with Gasteiger partial charge in [-0.05, 0) is 37.1 Å². The molecule has 90 valence electrons. The monoisotopic (exact) mass is 231 g/mol. The largest absolute Gasteiger partial charge is 0.469 e. The highest BCUT2D eigenvalue weighted by Gasteiger charge is 2.14. The predicted octanol–water partition coefficient (Wildman–Crippen LogP) is 2.18. The SMILES string of the molecule is CCc1nnc(C)cc1C(N)Cc1ccco1. The number of rotatable bonds is 4. The number of hydrogen-bond acceptors (Lipinski definition) is 4. The molecule has 0 fully saturated rings. The Morgan fingerprint density at radius 2 is 2.24 bits per heavy atom. The van der Waals surface area contributed by atoms with E-state index in [4.69, 9.17) is 10.2 Å². The molecule has 2 N–H and O–H groups in total. The summed E-state index contributed by atoms with van der Waals surface area (Å²) in [6, 6.07) is 5.73. The Hall–Kier alpha value is -1.68. The van der Waals surface area contributed by atoms with Crippen molar-refractivity contribution in [2.24, 2.45) is 5.73 Å². The second-order valence-corrected chi connectivity index (χ2v) is 4.13. The first kappa shape index (κ1) is 11.8. The fourth-order valence-electron chi connectivity index (χ4n) is 1.89. The van der Waals surface area contributed by atoms with E-state index in [-0.39, 0.29) is 6.04 Å². The van der Waals surface area contributed by atoms with E-state index >= 15 is 0 Å². The molecule has 0 amide bonds. The van der Waals surface area contributed by atoms with Gasteiger partial charge in [-0.3, -0.25) is 0 Å². The highest BCUT2D eigenvalue weighted by atomic mass is 16.3. The van der Waals surface area contributed by atoms with Crippen LogP contribution < -0.4 is 5.73 Å². The Bertz CT molecular complexity index is 479. The summed E-state index contributed by atoms with van der Waals surface area (Å²) in [6.07, 6.45) is 3.19. The molecule has 0 bridgehead atoms. The van der Waals surface area contributed by atoms with Gasteiger partial charge in [0.25, 0.3) is 0 Å². The molecular weight excluding hydrogens is 214 g/mol. The summed E-state index contributed by atoms with van der Waals surface area (Å²) in [4.78, 5) is 0. The van der Waals surface area contributed by atoms with Crippen molar-refractivity contribution in [1.29, 1.82) is 0 Å². The van der Waals surface area contributed by atoms with Gasteiger partial charge in [-0.2, -0.15) is 10.2 Å². The normalized spacial score (nSPS) is 12.6.